The van der Waals surface area contributed by atoms with Gasteiger partial charge in [-0.2, -0.15) is 10.2 Å². The standard InChI is InChI=1S/C22H24Cl2N8O/c1-11(2)28-21-27-10-17-20(31-21)32(14-5-3-13(4-6-14)19(26)33)22(29-17)30-18-15(23)7-12(9-25)8-16(18)24/h7-8,10-11,13-14H,3-6H2,1-2H3,(H2,26,33)(H,29,30)(H,27,28,31). The maximum atomic E-state index is 11.7. The molecule has 3 aromatic rings. The molecular weight excluding hydrogens is 463 g/mol. The second-order valence-corrected chi connectivity index (χ2v) is 9.28. The number of rotatable bonds is 6. The lowest BCUT2D eigenvalue weighted by atomic mass is 9.85. The largest absolute Gasteiger partial charge is 0.369 e. The lowest BCUT2D eigenvalue weighted by Gasteiger charge is -2.29. The molecule has 0 bridgehead atoms. The molecule has 0 aliphatic heterocycles. The number of nitrogens with zero attached hydrogens (tertiary/aromatic N) is 5. The van der Waals surface area contributed by atoms with E-state index < -0.39 is 0 Å². The van der Waals surface area contributed by atoms with Crippen molar-refractivity contribution >= 4 is 57.9 Å². The summed E-state index contributed by atoms with van der Waals surface area (Å²) in [6.45, 7) is 4.02. The van der Waals surface area contributed by atoms with Crippen LogP contribution in [0.1, 0.15) is 51.1 Å². The number of hydrogen-bond acceptors (Lipinski definition) is 7. The third-order valence-electron chi connectivity index (χ3n) is 5.72. The summed E-state index contributed by atoms with van der Waals surface area (Å²) in [4.78, 5) is 25.4. The molecule has 1 amide bonds. The van der Waals surface area contributed by atoms with E-state index >= 15 is 0 Å². The zero-order chi connectivity index (χ0) is 23.7. The van der Waals surface area contributed by atoms with Gasteiger partial charge in [-0.15, -0.1) is 0 Å². The first-order chi connectivity index (χ1) is 15.8. The monoisotopic (exact) mass is 486 g/mol. The number of hydrogen-bond donors (Lipinski definition) is 3. The summed E-state index contributed by atoms with van der Waals surface area (Å²) in [5, 5.41) is 16.2. The van der Waals surface area contributed by atoms with Gasteiger partial charge >= 0.3 is 0 Å². The summed E-state index contributed by atoms with van der Waals surface area (Å²) in [6.07, 6.45) is 4.56. The fourth-order valence-electron chi connectivity index (χ4n) is 4.14. The van der Waals surface area contributed by atoms with Gasteiger partial charge in [0.05, 0.1) is 33.6 Å². The van der Waals surface area contributed by atoms with E-state index in [-0.39, 0.29) is 23.9 Å². The number of carbonyl (C=O) groups excluding carboxylic acids is 1. The van der Waals surface area contributed by atoms with Crippen LogP contribution in [0.3, 0.4) is 0 Å². The van der Waals surface area contributed by atoms with Crippen molar-refractivity contribution in [1.82, 2.24) is 19.5 Å². The Balaban J connectivity index is 1.78. The molecule has 1 aliphatic rings. The highest BCUT2D eigenvalue weighted by molar-refractivity contribution is 6.39. The number of amides is 1. The zero-order valence-electron chi connectivity index (χ0n) is 18.3. The molecule has 33 heavy (non-hydrogen) atoms. The van der Waals surface area contributed by atoms with E-state index in [2.05, 4.69) is 15.6 Å². The van der Waals surface area contributed by atoms with E-state index in [4.69, 9.17) is 44.2 Å². The number of primary amides is 1. The summed E-state index contributed by atoms with van der Waals surface area (Å²) in [5.74, 6) is 0.634. The molecule has 11 heteroatoms. The molecule has 4 N–H and O–H groups in total. The highest BCUT2D eigenvalue weighted by Gasteiger charge is 2.29. The van der Waals surface area contributed by atoms with E-state index in [1.807, 2.05) is 24.5 Å². The molecule has 0 unspecified atom stereocenters. The molecule has 2 aromatic heterocycles. The summed E-state index contributed by atoms with van der Waals surface area (Å²) < 4.78 is 2.02. The topological polar surface area (TPSA) is 135 Å². The fraction of sp³-hybridized carbons (Fsp3) is 0.409. The number of nitrogens with one attached hydrogen (secondary N) is 2. The van der Waals surface area contributed by atoms with Gasteiger partial charge in [0.15, 0.2) is 5.65 Å². The van der Waals surface area contributed by atoms with Crippen LogP contribution in [-0.4, -0.2) is 31.5 Å². The Morgan fingerprint density at radius 3 is 2.45 bits per heavy atom. The van der Waals surface area contributed by atoms with Crippen molar-refractivity contribution < 1.29 is 4.79 Å². The number of fused-ring (bicyclic) bond motifs is 1. The lowest BCUT2D eigenvalue weighted by molar-refractivity contribution is -0.122. The molecule has 0 radical (unpaired) electrons. The zero-order valence-corrected chi connectivity index (χ0v) is 19.8. The lowest BCUT2D eigenvalue weighted by Crippen LogP contribution is -2.28. The van der Waals surface area contributed by atoms with Crippen molar-refractivity contribution in [2.45, 2.75) is 51.6 Å². The van der Waals surface area contributed by atoms with Gasteiger partial charge in [0, 0.05) is 18.0 Å². The van der Waals surface area contributed by atoms with Crippen LogP contribution in [0.2, 0.25) is 10.0 Å². The second kappa shape index (κ2) is 9.41. The Morgan fingerprint density at radius 1 is 1.21 bits per heavy atom. The molecule has 0 spiro atoms. The highest BCUT2D eigenvalue weighted by atomic mass is 35.5. The first kappa shape index (κ1) is 23.1. The Hall–Kier alpha value is -3.09. The number of nitriles is 1. The molecule has 1 saturated carbocycles. The van der Waals surface area contributed by atoms with Crippen molar-refractivity contribution in [3.63, 3.8) is 0 Å². The molecular formula is C22H24Cl2N8O. The number of aromatic nitrogens is 4. The summed E-state index contributed by atoms with van der Waals surface area (Å²) in [6, 6.07) is 5.35. The van der Waals surface area contributed by atoms with Crippen LogP contribution in [0.25, 0.3) is 11.2 Å². The van der Waals surface area contributed by atoms with Crippen molar-refractivity contribution in [2.24, 2.45) is 11.7 Å². The molecule has 1 aromatic carbocycles. The van der Waals surface area contributed by atoms with Crippen LogP contribution >= 0.6 is 23.2 Å². The number of benzene rings is 1. The summed E-state index contributed by atoms with van der Waals surface area (Å²) in [7, 11) is 0. The van der Waals surface area contributed by atoms with Gasteiger partial charge in [0.25, 0.3) is 0 Å². The third kappa shape index (κ3) is 4.82. The second-order valence-electron chi connectivity index (χ2n) is 8.47. The molecule has 2 heterocycles. The molecule has 0 atom stereocenters. The normalized spacial score (nSPS) is 18.3. The van der Waals surface area contributed by atoms with Gasteiger partial charge in [-0.25, -0.2) is 9.97 Å². The molecule has 172 valence electrons. The Kier molecular flexibility index (Phi) is 6.58. The van der Waals surface area contributed by atoms with E-state index in [1.54, 1.807) is 18.3 Å². The van der Waals surface area contributed by atoms with Gasteiger partial charge in [0.2, 0.25) is 17.8 Å². The van der Waals surface area contributed by atoms with E-state index in [0.717, 1.165) is 12.8 Å². The Labute approximate surface area is 201 Å². The predicted octanol–water partition coefficient (Wildman–Crippen LogP) is 4.79. The summed E-state index contributed by atoms with van der Waals surface area (Å²) >= 11 is 12.8. The Morgan fingerprint density at radius 2 is 1.88 bits per heavy atom. The van der Waals surface area contributed by atoms with Crippen molar-refractivity contribution in [2.75, 3.05) is 10.6 Å². The minimum absolute atomic E-state index is 0.0471. The maximum absolute atomic E-state index is 11.7. The third-order valence-corrected chi connectivity index (χ3v) is 6.32. The molecule has 9 nitrogen and oxygen atoms in total. The quantitative estimate of drug-likeness (QED) is 0.455. The van der Waals surface area contributed by atoms with Crippen LogP contribution < -0.4 is 16.4 Å². The molecule has 4 rings (SSSR count). The van der Waals surface area contributed by atoms with Gasteiger partial charge in [-0.3, -0.25) is 9.36 Å². The van der Waals surface area contributed by atoms with Crippen LogP contribution in [0.15, 0.2) is 18.3 Å². The van der Waals surface area contributed by atoms with Crippen LogP contribution in [0, 0.1) is 17.2 Å². The summed E-state index contributed by atoms with van der Waals surface area (Å²) in [5.41, 5.74) is 7.62. The number of carbonyl (C=O) groups is 1. The average molecular weight is 487 g/mol. The van der Waals surface area contributed by atoms with Crippen molar-refractivity contribution in [1.29, 1.82) is 5.26 Å². The van der Waals surface area contributed by atoms with Crippen LogP contribution in [-0.2, 0) is 4.79 Å². The number of anilines is 3. The smallest absolute Gasteiger partial charge is 0.224 e. The predicted molar refractivity (Wildman–Crippen MR) is 129 cm³/mol. The SMILES string of the molecule is CC(C)Nc1ncc2nc(Nc3c(Cl)cc(C#N)cc3Cl)n(C3CCC(C(N)=O)CC3)c2n1. The van der Waals surface area contributed by atoms with Crippen molar-refractivity contribution in [3.8, 4) is 6.07 Å². The number of nitrogens with two attached hydrogens (primary N) is 1. The van der Waals surface area contributed by atoms with Gasteiger partial charge in [0.1, 0.15) is 5.52 Å². The maximum Gasteiger partial charge on any atom is 0.224 e. The van der Waals surface area contributed by atoms with Crippen molar-refractivity contribution in [3.05, 3.63) is 33.9 Å². The number of imidazole rings is 1. The average Bonchev–Trinajstić information content (AvgIpc) is 3.13. The van der Waals surface area contributed by atoms with Gasteiger partial charge in [-0.05, 0) is 51.7 Å². The van der Waals surface area contributed by atoms with Gasteiger partial charge in [-0.1, -0.05) is 23.2 Å². The number of halogens is 2. The first-order valence-electron chi connectivity index (χ1n) is 10.7. The molecule has 0 saturated heterocycles. The van der Waals surface area contributed by atoms with Crippen LogP contribution in [0.5, 0.6) is 0 Å². The minimum Gasteiger partial charge on any atom is -0.369 e. The van der Waals surface area contributed by atoms with E-state index in [0.29, 0.717) is 57.2 Å². The molecule has 1 fully saturated rings. The fourth-order valence-corrected chi connectivity index (χ4v) is 4.72. The van der Waals surface area contributed by atoms with Gasteiger partial charge < -0.3 is 16.4 Å². The first-order valence-corrected chi connectivity index (χ1v) is 11.5. The van der Waals surface area contributed by atoms with E-state index in [9.17, 15) is 4.79 Å². The Bertz CT molecular complexity index is 1220. The van der Waals surface area contributed by atoms with E-state index in [1.165, 1.54) is 0 Å². The molecule has 1 aliphatic carbocycles. The highest BCUT2D eigenvalue weighted by Crippen LogP contribution is 2.39. The van der Waals surface area contributed by atoms with Crippen LogP contribution in [0.4, 0.5) is 17.6 Å². The minimum atomic E-state index is -0.260.